The molecule has 1 aliphatic rings. The van der Waals surface area contributed by atoms with Gasteiger partial charge in [-0.3, -0.25) is 4.79 Å². The number of ether oxygens (including phenoxy) is 4. The average Bonchev–Trinajstić information content (AvgIpc) is 3.18. The minimum atomic E-state index is -0.564. The number of rotatable bonds is 8. The minimum Gasteiger partial charge on any atom is -0.493 e. The van der Waals surface area contributed by atoms with Crippen molar-refractivity contribution in [1.82, 2.24) is 5.32 Å². The lowest BCUT2D eigenvalue weighted by molar-refractivity contribution is -0.124. The molecular formula is C22H25NO6. The molecule has 0 fully saturated rings. The van der Waals surface area contributed by atoms with E-state index in [1.165, 1.54) is 0 Å². The van der Waals surface area contributed by atoms with E-state index in [1.54, 1.807) is 30.3 Å². The second-order valence-electron chi connectivity index (χ2n) is 7.21. The molecule has 0 aromatic heterocycles. The summed E-state index contributed by atoms with van der Waals surface area (Å²) in [5.74, 6) is 1.48. The fourth-order valence-corrected chi connectivity index (χ4v) is 2.71. The first-order valence-corrected chi connectivity index (χ1v) is 9.51. The molecule has 1 atom stereocenters. The molecule has 2 aromatic carbocycles. The van der Waals surface area contributed by atoms with Crippen LogP contribution in [-0.4, -0.2) is 31.9 Å². The summed E-state index contributed by atoms with van der Waals surface area (Å²) in [4.78, 5) is 24.3. The van der Waals surface area contributed by atoms with Crippen LogP contribution in [0.1, 0.15) is 42.7 Å². The van der Waals surface area contributed by atoms with Gasteiger partial charge in [-0.05, 0) is 54.8 Å². The van der Waals surface area contributed by atoms with E-state index in [2.05, 4.69) is 19.2 Å². The second-order valence-corrected chi connectivity index (χ2v) is 7.21. The van der Waals surface area contributed by atoms with Crippen molar-refractivity contribution in [3.05, 3.63) is 53.6 Å². The molecule has 29 heavy (non-hydrogen) atoms. The number of amides is 1. The molecule has 0 aliphatic carbocycles. The molecule has 7 nitrogen and oxygen atoms in total. The summed E-state index contributed by atoms with van der Waals surface area (Å²) < 4.78 is 21.3. The molecule has 0 unspecified atom stereocenters. The van der Waals surface area contributed by atoms with Crippen LogP contribution in [-0.2, 0) is 9.53 Å². The fraction of sp³-hybridized carbons (Fsp3) is 0.364. The topological polar surface area (TPSA) is 83.1 Å². The summed E-state index contributed by atoms with van der Waals surface area (Å²) in [6.07, 6.45) is 0. The SMILES string of the molecule is CC(C)COc1ccc(C(=O)OCC(=O)N[C@@H](C)c2ccc3c(c2)OCO3)cc1. The van der Waals surface area contributed by atoms with Gasteiger partial charge in [-0.15, -0.1) is 0 Å². The molecule has 1 aliphatic heterocycles. The van der Waals surface area contributed by atoms with Crippen LogP contribution in [0.5, 0.6) is 17.2 Å². The Bertz CT molecular complexity index is 862. The van der Waals surface area contributed by atoms with E-state index in [4.69, 9.17) is 18.9 Å². The predicted molar refractivity (Wildman–Crippen MR) is 106 cm³/mol. The van der Waals surface area contributed by atoms with E-state index in [9.17, 15) is 9.59 Å². The Kier molecular flexibility index (Phi) is 6.59. The zero-order valence-corrected chi connectivity index (χ0v) is 16.8. The molecule has 0 saturated heterocycles. The maximum atomic E-state index is 12.1. The molecule has 0 bridgehead atoms. The third-order valence-corrected chi connectivity index (χ3v) is 4.28. The van der Waals surface area contributed by atoms with Gasteiger partial charge in [-0.25, -0.2) is 4.79 Å². The molecule has 154 valence electrons. The molecule has 2 aromatic rings. The third-order valence-electron chi connectivity index (χ3n) is 4.28. The molecule has 0 radical (unpaired) electrons. The highest BCUT2D eigenvalue weighted by Gasteiger charge is 2.17. The maximum Gasteiger partial charge on any atom is 0.338 e. The van der Waals surface area contributed by atoms with E-state index in [0.717, 1.165) is 5.56 Å². The van der Waals surface area contributed by atoms with Crippen molar-refractivity contribution < 1.29 is 28.5 Å². The van der Waals surface area contributed by atoms with Crippen molar-refractivity contribution in [2.24, 2.45) is 5.92 Å². The van der Waals surface area contributed by atoms with Gasteiger partial charge in [0.1, 0.15) is 5.75 Å². The Labute approximate surface area is 169 Å². The highest BCUT2D eigenvalue weighted by Crippen LogP contribution is 2.34. The summed E-state index contributed by atoms with van der Waals surface area (Å²) in [6.45, 7) is 6.40. The molecule has 0 spiro atoms. The second kappa shape index (κ2) is 9.32. The predicted octanol–water partition coefficient (Wildman–Crippen LogP) is 3.48. The highest BCUT2D eigenvalue weighted by atomic mass is 16.7. The van der Waals surface area contributed by atoms with Crippen LogP contribution in [0.3, 0.4) is 0 Å². The van der Waals surface area contributed by atoms with E-state index in [1.807, 2.05) is 19.1 Å². The monoisotopic (exact) mass is 399 g/mol. The molecule has 1 N–H and O–H groups in total. The zero-order chi connectivity index (χ0) is 20.8. The van der Waals surface area contributed by atoms with Crippen molar-refractivity contribution in [1.29, 1.82) is 0 Å². The van der Waals surface area contributed by atoms with E-state index in [-0.39, 0.29) is 25.3 Å². The normalized spacial score (nSPS) is 13.1. The zero-order valence-electron chi connectivity index (χ0n) is 16.8. The van der Waals surface area contributed by atoms with Gasteiger partial charge in [0, 0.05) is 0 Å². The summed E-state index contributed by atoms with van der Waals surface area (Å²) >= 11 is 0. The third kappa shape index (κ3) is 5.63. The van der Waals surface area contributed by atoms with Gasteiger partial charge >= 0.3 is 5.97 Å². The first kappa shape index (κ1) is 20.5. The summed E-state index contributed by atoms with van der Waals surface area (Å²) in [5.41, 5.74) is 1.23. The van der Waals surface area contributed by atoms with E-state index in [0.29, 0.717) is 35.3 Å². The first-order chi connectivity index (χ1) is 13.9. The van der Waals surface area contributed by atoms with Gasteiger partial charge in [0.2, 0.25) is 6.79 Å². The Morgan fingerprint density at radius 1 is 1.03 bits per heavy atom. The number of fused-ring (bicyclic) bond motifs is 1. The van der Waals surface area contributed by atoms with Gasteiger partial charge in [-0.1, -0.05) is 19.9 Å². The van der Waals surface area contributed by atoms with Crippen LogP contribution in [0.2, 0.25) is 0 Å². The lowest BCUT2D eigenvalue weighted by Crippen LogP contribution is -2.31. The van der Waals surface area contributed by atoms with Crippen LogP contribution in [0.4, 0.5) is 0 Å². The minimum absolute atomic E-state index is 0.195. The maximum absolute atomic E-state index is 12.1. The largest absolute Gasteiger partial charge is 0.493 e. The van der Waals surface area contributed by atoms with Crippen molar-refractivity contribution in [2.75, 3.05) is 20.0 Å². The Morgan fingerprint density at radius 2 is 1.76 bits per heavy atom. The quantitative estimate of drug-likeness (QED) is 0.685. The number of hydrogen-bond donors (Lipinski definition) is 1. The Balaban J connectivity index is 1.46. The van der Waals surface area contributed by atoms with Crippen LogP contribution in [0, 0.1) is 5.92 Å². The Morgan fingerprint density at radius 3 is 2.48 bits per heavy atom. The highest BCUT2D eigenvalue weighted by molar-refractivity contribution is 5.91. The van der Waals surface area contributed by atoms with Gasteiger partial charge in [0.05, 0.1) is 18.2 Å². The molecule has 1 heterocycles. The van der Waals surface area contributed by atoms with Crippen LogP contribution in [0.25, 0.3) is 0 Å². The lowest BCUT2D eigenvalue weighted by Gasteiger charge is -2.15. The molecule has 3 rings (SSSR count). The van der Waals surface area contributed by atoms with Gasteiger partial charge in [0.15, 0.2) is 18.1 Å². The number of esters is 1. The molecular weight excluding hydrogens is 374 g/mol. The van der Waals surface area contributed by atoms with Gasteiger partial charge in [-0.2, -0.15) is 0 Å². The number of carbonyl (C=O) groups is 2. The summed E-state index contributed by atoms with van der Waals surface area (Å²) in [7, 11) is 0. The van der Waals surface area contributed by atoms with Crippen LogP contribution in [0.15, 0.2) is 42.5 Å². The molecule has 7 heteroatoms. The Hall–Kier alpha value is -3.22. The van der Waals surface area contributed by atoms with E-state index < -0.39 is 5.97 Å². The van der Waals surface area contributed by atoms with Crippen LogP contribution >= 0.6 is 0 Å². The van der Waals surface area contributed by atoms with Crippen molar-refractivity contribution >= 4 is 11.9 Å². The molecule has 0 saturated carbocycles. The molecule has 1 amide bonds. The first-order valence-electron chi connectivity index (χ1n) is 9.51. The average molecular weight is 399 g/mol. The van der Waals surface area contributed by atoms with Gasteiger partial charge < -0.3 is 24.3 Å². The standard InChI is InChI=1S/C22H25NO6/c1-14(2)11-26-18-7-4-16(5-8-18)22(25)27-12-21(24)23-15(3)17-6-9-19-20(10-17)29-13-28-19/h4-10,14-15H,11-13H2,1-3H3,(H,23,24)/t15-/m0/s1. The summed E-state index contributed by atoms with van der Waals surface area (Å²) in [5, 5.41) is 2.80. The summed E-state index contributed by atoms with van der Waals surface area (Å²) in [6, 6.07) is 11.9. The van der Waals surface area contributed by atoms with Crippen molar-refractivity contribution in [3.8, 4) is 17.2 Å². The fourth-order valence-electron chi connectivity index (χ4n) is 2.71. The van der Waals surface area contributed by atoms with Gasteiger partial charge in [0.25, 0.3) is 5.91 Å². The number of hydrogen-bond acceptors (Lipinski definition) is 6. The number of carbonyl (C=O) groups excluding carboxylic acids is 2. The lowest BCUT2D eigenvalue weighted by atomic mass is 10.1. The van der Waals surface area contributed by atoms with Crippen LogP contribution < -0.4 is 19.5 Å². The van der Waals surface area contributed by atoms with E-state index >= 15 is 0 Å². The van der Waals surface area contributed by atoms with Crippen molar-refractivity contribution in [3.63, 3.8) is 0 Å². The number of nitrogens with one attached hydrogen (secondary N) is 1. The van der Waals surface area contributed by atoms with Crippen molar-refractivity contribution in [2.45, 2.75) is 26.8 Å². The smallest absolute Gasteiger partial charge is 0.338 e. The number of benzene rings is 2.